The smallest absolute Gasteiger partial charge is 0.307 e. The zero-order valence-corrected chi connectivity index (χ0v) is 36.3. The van der Waals surface area contributed by atoms with Crippen LogP contribution in [0.15, 0.2) is 55.9 Å². The van der Waals surface area contributed by atoms with Crippen molar-refractivity contribution in [1.29, 1.82) is 0 Å². The molecule has 0 spiro atoms. The van der Waals surface area contributed by atoms with Crippen molar-refractivity contribution in [2.75, 3.05) is 0 Å². The molecule has 1 fully saturated rings. The van der Waals surface area contributed by atoms with E-state index in [1.165, 1.54) is 12.2 Å². The van der Waals surface area contributed by atoms with Crippen LogP contribution in [0.2, 0.25) is 0 Å². The van der Waals surface area contributed by atoms with Gasteiger partial charge in [-0.3, -0.25) is 48.3 Å². The van der Waals surface area contributed by atoms with Crippen LogP contribution < -0.4 is 10.6 Å². The third-order valence-corrected chi connectivity index (χ3v) is 14.5. The van der Waals surface area contributed by atoms with E-state index in [1.807, 2.05) is 0 Å². The standard InChI is InChI=1S/C44H56N4O16/c1-40(13-12-34(55)56)25(15-36(59)60)39-44(5)42(3,20-38(63)64)23(8-11-33(53)54)27(48-44)17-30-41(2,19-37(61)62)22(7-10-32(51)52)28(45-30)18-43(4)24(14-35(57)58)21(6-9-31(49)50)26(47-43)16-29(40)46-39/h16-17,23,25,39,47-48H,6-15,18-20H2,1-5H3,(H,49,50)(H,51,52)(H,53,54)(H,55,56)(H,57,58)(H,59,60)(H,61,62)(H,63,64)/b26-16-,27-17-/t23-,25+,39-,40-,41+,42+,43+,44+/m1/s1. The van der Waals surface area contributed by atoms with Gasteiger partial charge in [0.15, 0.2) is 0 Å². The number of hydrogen-bond acceptors (Lipinski definition) is 12. The monoisotopic (exact) mass is 896 g/mol. The third-order valence-electron chi connectivity index (χ3n) is 14.5. The lowest BCUT2D eigenvalue weighted by Crippen LogP contribution is -2.60. The van der Waals surface area contributed by atoms with Crippen LogP contribution in [-0.2, 0) is 38.4 Å². The number of aliphatic imine (C=N–C) groups is 2. The molecule has 10 N–H and O–H groups in total. The number of allylic oxidation sites excluding steroid dienone is 5. The van der Waals surface area contributed by atoms with Gasteiger partial charge >= 0.3 is 47.8 Å². The second-order valence-electron chi connectivity index (χ2n) is 18.7. The molecule has 0 aliphatic carbocycles. The maximum Gasteiger partial charge on any atom is 0.307 e. The fourth-order valence-corrected chi connectivity index (χ4v) is 11.1. The maximum atomic E-state index is 13.0. The summed E-state index contributed by atoms with van der Waals surface area (Å²) in [6, 6.07) is -1.18. The zero-order valence-electron chi connectivity index (χ0n) is 36.3. The normalized spacial score (nSPS) is 33.3. The molecule has 1 saturated heterocycles. The highest BCUT2D eigenvalue weighted by atomic mass is 16.4. The summed E-state index contributed by atoms with van der Waals surface area (Å²) in [6.07, 6.45) is -2.16. The van der Waals surface area contributed by atoms with Crippen LogP contribution >= 0.6 is 0 Å². The lowest BCUT2D eigenvalue weighted by Gasteiger charge is -2.48. The maximum absolute atomic E-state index is 13.0. The van der Waals surface area contributed by atoms with Gasteiger partial charge < -0.3 is 51.5 Å². The van der Waals surface area contributed by atoms with Crippen molar-refractivity contribution in [1.82, 2.24) is 10.6 Å². The van der Waals surface area contributed by atoms with Crippen LogP contribution in [0, 0.1) is 28.1 Å². The zero-order chi connectivity index (χ0) is 47.9. The fraction of sp³-hybridized carbons (Fsp3) is 0.591. The first-order valence-corrected chi connectivity index (χ1v) is 21.0. The van der Waals surface area contributed by atoms with Crippen LogP contribution in [0.25, 0.3) is 0 Å². The predicted molar refractivity (Wildman–Crippen MR) is 224 cm³/mol. The first kappa shape index (κ1) is 48.7. The largest absolute Gasteiger partial charge is 0.481 e. The summed E-state index contributed by atoms with van der Waals surface area (Å²) in [7, 11) is 0. The molecule has 0 aromatic heterocycles. The number of carboxylic acids is 8. The molecule has 348 valence electrons. The summed E-state index contributed by atoms with van der Waals surface area (Å²) in [4.78, 5) is 110. The summed E-state index contributed by atoms with van der Waals surface area (Å²) < 4.78 is 0. The highest BCUT2D eigenvalue weighted by Gasteiger charge is 2.66. The molecular weight excluding hydrogens is 840 g/mol. The molecule has 8 bridgehead atoms. The number of nitrogens with zero attached hydrogens (tertiary/aromatic N) is 2. The second kappa shape index (κ2) is 17.7. The average Bonchev–Trinajstić information content (AvgIpc) is 3.72. The van der Waals surface area contributed by atoms with Crippen molar-refractivity contribution in [3.05, 3.63) is 46.0 Å². The minimum absolute atomic E-state index is 0.0983. The van der Waals surface area contributed by atoms with E-state index >= 15 is 0 Å². The van der Waals surface area contributed by atoms with Crippen LogP contribution in [0.3, 0.4) is 0 Å². The van der Waals surface area contributed by atoms with Gasteiger partial charge in [-0.25, -0.2) is 0 Å². The lowest BCUT2D eigenvalue weighted by atomic mass is 9.57. The number of aliphatic carboxylic acids is 8. The van der Waals surface area contributed by atoms with Crippen LogP contribution in [0.4, 0.5) is 0 Å². The molecule has 5 aliphatic heterocycles. The quantitative estimate of drug-likeness (QED) is 0.0813. The molecule has 5 aliphatic rings. The van der Waals surface area contributed by atoms with Crippen molar-refractivity contribution in [2.45, 2.75) is 135 Å². The van der Waals surface area contributed by atoms with E-state index in [0.717, 1.165) is 0 Å². The number of carboxylic acid groups (broad SMARTS) is 8. The Balaban J connectivity index is 1.99. The number of rotatable bonds is 20. The minimum atomic E-state index is -1.58. The molecule has 5 rings (SSSR count). The number of fused-ring (bicyclic) bond motifs is 7. The molecule has 8 atom stereocenters. The number of hydrogen-bond donors (Lipinski definition) is 10. The molecule has 20 heteroatoms. The SMILES string of the molecule is C[C@@]1(CC(=O)O)C2=NC(=C1CCC(=O)O)C[C@]1(C)N/C(=C\C3=N[C@H]([C@H](CC(=O)O)[C@@]3(C)CCC(=O)O)[C@]3(C)N/C(=C\2)[C@@H](CCC(=O)O)[C@]3(C)CC(=O)O)C(CCC(=O)O)=C1CC(=O)O. The molecule has 0 saturated carbocycles. The van der Waals surface area contributed by atoms with Gasteiger partial charge in [-0.1, -0.05) is 13.8 Å². The predicted octanol–water partition coefficient (Wildman–Crippen LogP) is 4.32. The molecule has 5 heterocycles. The molecule has 0 aromatic carbocycles. The molecular formula is C44H56N4O16. The van der Waals surface area contributed by atoms with Gasteiger partial charge in [0.05, 0.1) is 48.5 Å². The third kappa shape index (κ3) is 9.17. The second-order valence-corrected chi connectivity index (χ2v) is 18.7. The molecule has 0 unspecified atom stereocenters. The van der Waals surface area contributed by atoms with Crippen molar-refractivity contribution >= 4 is 59.2 Å². The topological polar surface area (TPSA) is 347 Å². The summed E-state index contributed by atoms with van der Waals surface area (Å²) in [5, 5.41) is 88.3. The van der Waals surface area contributed by atoms with Crippen LogP contribution in [0.5, 0.6) is 0 Å². The van der Waals surface area contributed by atoms with Gasteiger partial charge in [0.25, 0.3) is 0 Å². The summed E-state index contributed by atoms with van der Waals surface area (Å²) in [5.41, 5.74) is -5.71. The van der Waals surface area contributed by atoms with Gasteiger partial charge in [-0.05, 0) is 75.3 Å². The van der Waals surface area contributed by atoms with Crippen molar-refractivity contribution < 1.29 is 79.2 Å². The first-order chi connectivity index (χ1) is 29.6. The summed E-state index contributed by atoms with van der Waals surface area (Å²) in [5.74, 6) is -12.0. The van der Waals surface area contributed by atoms with E-state index in [4.69, 9.17) is 9.98 Å². The van der Waals surface area contributed by atoms with Gasteiger partial charge in [-0.2, -0.15) is 0 Å². The fourth-order valence-electron chi connectivity index (χ4n) is 11.1. The Morgan fingerprint density at radius 3 is 1.80 bits per heavy atom. The Kier molecular flexibility index (Phi) is 13.4. The van der Waals surface area contributed by atoms with E-state index < -0.39 is 144 Å². The number of nitrogens with one attached hydrogen (secondary N) is 2. The Morgan fingerprint density at radius 2 is 1.25 bits per heavy atom. The van der Waals surface area contributed by atoms with E-state index in [1.54, 1.807) is 34.6 Å². The van der Waals surface area contributed by atoms with Gasteiger partial charge in [0.1, 0.15) is 0 Å². The van der Waals surface area contributed by atoms with E-state index in [-0.39, 0.29) is 71.8 Å². The van der Waals surface area contributed by atoms with Crippen LogP contribution in [0.1, 0.15) is 118 Å². The average molecular weight is 897 g/mol. The van der Waals surface area contributed by atoms with Gasteiger partial charge in [-0.15, -0.1) is 0 Å². The summed E-state index contributed by atoms with van der Waals surface area (Å²) in [6.45, 7) is 8.11. The Labute approximate surface area is 367 Å². The minimum Gasteiger partial charge on any atom is -0.481 e. The van der Waals surface area contributed by atoms with E-state index in [9.17, 15) is 79.2 Å². The number of carbonyl (C=O) groups is 8. The first-order valence-electron chi connectivity index (χ1n) is 21.0. The van der Waals surface area contributed by atoms with E-state index in [0.29, 0.717) is 5.57 Å². The van der Waals surface area contributed by atoms with Gasteiger partial charge in [0, 0.05) is 83.0 Å². The molecule has 0 amide bonds. The highest BCUT2D eigenvalue weighted by molar-refractivity contribution is 6.07. The highest BCUT2D eigenvalue weighted by Crippen LogP contribution is 2.60. The lowest BCUT2D eigenvalue weighted by molar-refractivity contribution is -0.144. The van der Waals surface area contributed by atoms with Crippen LogP contribution in [-0.4, -0.2) is 117 Å². The molecule has 0 aromatic rings. The molecule has 0 radical (unpaired) electrons. The Morgan fingerprint density at radius 1 is 0.656 bits per heavy atom. The Bertz CT molecular complexity index is 2270. The van der Waals surface area contributed by atoms with Crippen molar-refractivity contribution in [3.8, 4) is 0 Å². The molecule has 20 nitrogen and oxygen atoms in total. The Hall–Kier alpha value is -6.34. The van der Waals surface area contributed by atoms with Crippen molar-refractivity contribution in [3.63, 3.8) is 0 Å². The summed E-state index contributed by atoms with van der Waals surface area (Å²) >= 11 is 0. The van der Waals surface area contributed by atoms with Crippen molar-refractivity contribution in [2.24, 2.45) is 38.1 Å². The van der Waals surface area contributed by atoms with E-state index in [2.05, 4.69) is 10.6 Å². The van der Waals surface area contributed by atoms with Gasteiger partial charge in [0.2, 0.25) is 0 Å². The molecule has 64 heavy (non-hydrogen) atoms.